The molecule has 2 heterocycles. The number of fused-ring (bicyclic) bond motifs is 5. The maximum absolute atomic E-state index is 13.2. The molecule has 1 aliphatic carbocycles. The van der Waals surface area contributed by atoms with Gasteiger partial charge in [-0.25, -0.2) is 4.79 Å². The Balaban J connectivity index is 2.32. The number of hydrogen-bond acceptors (Lipinski definition) is 6. The average Bonchev–Trinajstić information content (AvgIpc) is 2.57. The van der Waals surface area contributed by atoms with Crippen molar-refractivity contribution in [2.45, 2.75) is 77.5 Å². The maximum atomic E-state index is 13.2. The number of nitrogens with one attached hydrogen (secondary N) is 1. The first-order chi connectivity index (χ1) is 13.1. The number of esters is 1. The Bertz CT molecular complexity index is 627. The van der Waals surface area contributed by atoms with Gasteiger partial charge in [0.05, 0.1) is 25.1 Å². The van der Waals surface area contributed by atoms with Gasteiger partial charge in [0.25, 0.3) is 0 Å². The second-order valence-corrected chi connectivity index (χ2v) is 8.56. The topological polar surface area (TPSA) is 102 Å². The molecule has 0 aromatic carbocycles. The Kier molecular flexibility index (Phi) is 7.06. The van der Waals surface area contributed by atoms with Crippen LogP contribution in [-0.4, -0.2) is 60.0 Å². The zero-order valence-corrected chi connectivity index (χ0v) is 17.4. The summed E-state index contributed by atoms with van der Waals surface area (Å²) in [6.45, 7) is 7.73. The smallest absolute Gasteiger partial charge is 0.407 e. The number of methoxy groups -OCH3 is 1. The first kappa shape index (κ1) is 22.2. The zero-order valence-electron chi connectivity index (χ0n) is 17.4. The third-order valence-corrected chi connectivity index (χ3v) is 5.32. The van der Waals surface area contributed by atoms with Crippen molar-refractivity contribution in [1.82, 2.24) is 10.2 Å². The highest BCUT2D eigenvalue weighted by molar-refractivity contribution is 6.02. The zero-order chi connectivity index (χ0) is 21.1. The van der Waals surface area contributed by atoms with E-state index in [1.54, 1.807) is 25.7 Å². The van der Waals surface area contributed by atoms with Gasteiger partial charge in [-0.2, -0.15) is 0 Å². The quantitative estimate of drug-likeness (QED) is 0.564. The fraction of sp³-hybridized carbons (Fsp3) is 0.800. The van der Waals surface area contributed by atoms with E-state index in [2.05, 4.69) is 5.32 Å². The summed E-state index contributed by atoms with van der Waals surface area (Å²) in [4.78, 5) is 52.4. The van der Waals surface area contributed by atoms with Crippen LogP contribution in [0.15, 0.2) is 0 Å². The predicted octanol–water partition coefficient (Wildman–Crippen LogP) is 2.05. The van der Waals surface area contributed by atoms with Crippen LogP contribution in [0.2, 0.25) is 0 Å². The van der Waals surface area contributed by atoms with E-state index in [1.807, 2.05) is 6.92 Å². The molecule has 1 saturated carbocycles. The van der Waals surface area contributed by atoms with Gasteiger partial charge in [0.2, 0.25) is 5.91 Å². The van der Waals surface area contributed by atoms with Gasteiger partial charge in [0, 0.05) is 13.0 Å². The first-order valence-electron chi connectivity index (χ1n) is 9.99. The number of amides is 2. The number of nitrogens with zero attached hydrogens (tertiary/aromatic N) is 1. The van der Waals surface area contributed by atoms with E-state index in [9.17, 15) is 19.2 Å². The van der Waals surface area contributed by atoms with Crippen molar-refractivity contribution >= 4 is 23.8 Å². The molecule has 3 fully saturated rings. The number of ketones is 1. The molecular formula is C20H32N2O6. The molecule has 3 aliphatic rings. The number of unbranched alkanes of at least 4 members (excludes halogenated alkanes) is 1. The molecule has 28 heavy (non-hydrogen) atoms. The first-order valence-corrected chi connectivity index (χ1v) is 9.99. The lowest BCUT2D eigenvalue weighted by Gasteiger charge is -2.46. The highest BCUT2D eigenvalue weighted by Gasteiger charge is 2.50. The molecule has 2 saturated heterocycles. The predicted molar refractivity (Wildman–Crippen MR) is 101 cm³/mol. The summed E-state index contributed by atoms with van der Waals surface area (Å²) in [7, 11) is 1.24. The molecule has 0 radical (unpaired) electrons. The van der Waals surface area contributed by atoms with Gasteiger partial charge in [-0.3, -0.25) is 14.4 Å². The molecule has 2 amide bonds. The number of carbonyl (C=O) groups excluding carboxylic acids is 4. The number of hydrogen-bond donors (Lipinski definition) is 1. The molecule has 0 aromatic heterocycles. The molecule has 3 rings (SSSR count). The number of alkyl carbamates (subject to hydrolysis) is 1. The van der Waals surface area contributed by atoms with Crippen LogP contribution < -0.4 is 5.32 Å². The van der Waals surface area contributed by atoms with Gasteiger partial charge >= 0.3 is 12.1 Å². The molecule has 158 valence electrons. The molecule has 0 aromatic rings. The third kappa shape index (κ3) is 5.02. The van der Waals surface area contributed by atoms with Crippen molar-refractivity contribution in [3.8, 4) is 0 Å². The van der Waals surface area contributed by atoms with Gasteiger partial charge in [-0.05, 0) is 40.0 Å². The van der Waals surface area contributed by atoms with E-state index >= 15 is 0 Å². The molecule has 2 bridgehead atoms. The molecule has 4 atom stereocenters. The maximum Gasteiger partial charge on any atom is 0.407 e. The van der Waals surface area contributed by atoms with Crippen LogP contribution in [0.1, 0.15) is 59.8 Å². The lowest BCUT2D eigenvalue weighted by Crippen LogP contribution is -2.62. The van der Waals surface area contributed by atoms with E-state index in [0.29, 0.717) is 19.4 Å². The summed E-state index contributed by atoms with van der Waals surface area (Å²) >= 11 is 0. The lowest BCUT2D eigenvalue weighted by molar-refractivity contribution is -0.160. The van der Waals surface area contributed by atoms with Crippen LogP contribution >= 0.6 is 0 Å². The molecule has 0 unspecified atom stereocenters. The Morgan fingerprint density at radius 2 is 1.89 bits per heavy atom. The number of rotatable bonds is 5. The highest BCUT2D eigenvalue weighted by Crippen LogP contribution is 2.36. The van der Waals surface area contributed by atoms with Gasteiger partial charge in [-0.15, -0.1) is 0 Å². The van der Waals surface area contributed by atoms with Crippen LogP contribution in [0, 0.1) is 11.8 Å². The SMILES string of the molecule is CCCCN1C(=O)[C@H]2CC[C@@H]1[C@@H](C(=O)OC)C(=O)C[C@H]2NC(=O)OC(C)(C)C. The molecular weight excluding hydrogens is 364 g/mol. The molecule has 0 spiro atoms. The minimum Gasteiger partial charge on any atom is -0.468 e. The molecule has 8 nitrogen and oxygen atoms in total. The Labute approximate surface area is 166 Å². The van der Waals surface area contributed by atoms with Crippen molar-refractivity contribution in [3.05, 3.63) is 0 Å². The van der Waals surface area contributed by atoms with E-state index in [4.69, 9.17) is 9.47 Å². The molecule has 8 heteroatoms. The van der Waals surface area contributed by atoms with Gasteiger partial charge in [-0.1, -0.05) is 13.3 Å². The normalized spacial score (nSPS) is 27.8. The van der Waals surface area contributed by atoms with Gasteiger partial charge in [0.15, 0.2) is 5.78 Å². The van der Waals surface area contributed by atoms with E-state index in [-0.39, 0.29) is 18.1 Å². The van der Waals surface area contributed by atoms with E-state index < -0.39 is 41.6 Å². The third-order valence-electron chi connectivity index (χ3n) is 5.32. The van der Waals surface area contributed by atoms with Crippen LogP contribution in [-0.2, 0) is 23.9 Å². The largest absolute Gasteiger partial charge is 0.468 e. The average molecular weight is 396 g/mol. The Morgan fingerprint density at radius 1 is 1.21 bits per heavy atom. The minimum absolute atomic E-state index is 0.0897. The van der Waals surface area contributed by atoms with Crippen molar-refractivity contribution in [2.75, 3.05) is 13.7 Å². The van der Waals surface area contributed by atoms with Crippen molar-refractivity contribution in [1.29, 1.82) is 0 Å². The fourth-order valence-corrected chi connectivity index (χ4v) is 4.06. The number of ether oxygens (including phenoxy) is 2. The summed E-state index contributed by atoms with van der Waals surface area (Å²) in [5.74, 6) is -2.57. The van der Waals surface area contributed by atoms with Crippen LogP contribution in [0.4, 0.5) is 4.79 Å². The van der Waals surface area contributed by atoms with Gasteiger partial charge < -0.3 is 19.7 Å². The summed E-state index contributed by atoms with van der Waals surface area (Å²) in [6.07, 6.45) is 1.94. The van der Waals surface area contributed by atoms with E-state index in [1.165, 1.54) is 7.11 Å². The molecule has 2 aliphatic heterocycles. The van der Waals surface area contributed by atoms with Crippen molar-refractivity contribution in [2.24, 2.45) is 11.8 Å². The minimum atomic E-state index is -1.02. The monoisotopic (exact) mass is 396 g/mol. The number of piperidine rings is 1. The van der Waals surface area contributed by atoms with Gasteiger partial charge in [0.1, 0.15) is 11.5 Å². The number of carbonyl (C=O) groups is 4. The van der Waals surface area contributed by atoms with Crippen molar-refractivity contribution in [3.63, 3.8) is 0 Å². The Morgan fingerprint density at radius 3 is 2.46 bits per heavy atom. The molecule has 1 N–H and O–H groups in total. The highest BCUT2D eigenvalue weighted by atomic mass is 16.6. The number of Topliss-reactive ketones (excluding diaryl/α,β-unsaturated/α-hetero) is 1. The second kappa shape index (κ2) is 8.92. The second-order valence-electron chi connectivity index (χ2n) is 8.56. The van der Waals surface area contributed by atoms with E-state index in [0.717, 1.165) is 12.8 Å². The van der Waals surface area contributed by atoms with Crippen LogP contribution in [0.3, 0.4) is 0 Å². The van der Waals surface area contributed by atoms with Crippen LogP contribution in [0.5, 0.6) is 0 Å². The standard InChI is InChI=1S/C20H32N2O6/c1-6-7-10-22-14-9-8-12(17(22)24)13(21-19(26)28-20(2,3)4)11-15(23)16(14)18(25)27-5/h12-14,16H,6-11H2,1-5H3,(H,21,26)/t12-,13+,14+,16+/m0/s1. The van der Waals surface area contributed by atoms with Crippen molar-refractivity contribution < 1.29 is 28.7 Å². The summed E-state index contributed by atoms with van der Waals surface area (Å²) in [6, 6.07) is -1.18. The lowest BCUT2D eigenvalue weighted by atomic mass is 9.74. The summed E-state index contributed by atoms with van der Waals surface area (Å²) in [5, 5.41) is 2.70. The Hall–Kier alpha value is -2.12. The fourth-order valence-electron chi connectivity index (χ4n) is 4.06. The summed E-state index contributed by atoms with van der Waals surface area (Å²) in [5.41, 5.74) is -0.695. The van der Waals surface area contributed by atoms with Crippen LogP contribution in [0.25, 0.3) is 0 Å². The summed E-state index contributed by atoms with van der Waals surface area (Å²) < 4.78 is 10.2.